The lowest BCUT2D eigenvalue weighted by molar-refractivity contribution is -0.129. The third-order valence-corrected chi connectivity index (χ3v) is 5.79. The van der Waals surface area contributed by atoms with Gasteiger partial charge in [-0.15, -0.1) is 35.3 Å². The number of halogens is 1. The number of thiazole rings is 1. The predicted octanol–water partition coefficient (Wildman–Crippen LogP) is 2.81. The maximum Gasteiger partial charge on any atom is 0.222 e. The van der Waals surface area contributed by atoms with Crippen LogP contribution in [-0.2, 0) is 4.79 Å². The van der Waals surface area contributed by atoms with Crippen LogP contribution in [0.15, 0.2) is 20.9 Å². The van der Waals surface area contributed by atoms with E-state index in [1.165, 1.54) is 0 Å². The number of amides is 1. The molecule has 0 aliphatic carbocycles. The number of nitrogens with zero attached hydrogens (tertiary/aromatic N) is 3. The second-order valence-corrected chi connectivity index (χ2v) is 7.82. The SMILES string of the molecule is CCNC(=NCCCSc1nccs1)NC1CCN(C(=O)CC)C1.I. The fourth-order valence-corrected chi connectivity index (χ4v) is 4.17. The molecule has 25 heavy (non-hydrogen) atoms. The Kier molecular flexibility index (Phi) is 11.5. The minimum absolute atomic E-state index is 0. The van der Waals surface area contributed by atoms with E-state index in [0.717, 1.165) is 55.1 Å². The smallest absolute Gasteiger partial charge is 0.222 e. The highest BCUT2D eigenvalue weighted by molar-refractivity contribution is 14.0. The number of hydrogen-bond acceptors (Lipinski definition) is 5. The van der Waals surface area contributed by atoms with Gasteiger partial charge in [0.25, 0.3) is 0 Å². The van der Waals surface area contributed by atoms with Crippen molar-refractivity contribution in [2.24, 2.45) is 4.99 Å². The summed E-state index contributed by atoms with van der Waals surface area (Å²) in [6.07, 6.45) is 4.42. The zero-order valence-corrected chi connectivity index (χ0v) is 18.8. The second kappa shape index (κ2) is 12.7. The van der Waals surface area contributed by atoms with Gasteiger partial charge in [0.15, 0.2) is 5.96 Å². The molecule has 1 aromatic rings. The molecule has 1 unspecified atom stereocenters. The molecule has 6 nitrogen and oxygen atoms in total. The number of aliphatic imine (C=N–C) groups is 1. The molecule has 1 aromatic heterocycles. The van der Waals surface area contributed by atoms with Gasteiger partial charge in [0.1, 0.15) is 4.34 Å². The average molecular weight is 497 g/mol. The van der Waals surface area contributed by atoms with Crippen LogP contribution in [0.5, 0.6) is 0 Å². The van der Waals surface area contributed by atoms with E-state index in [9.17, 15) is 4.79 Å². The first-order valence-corrected chi connectivity index (χ1v) is 10.4. The minimum Gasteiger partial charge on any atom is -0.357 e. The highest BCUT2D eigenvalue weighted by atomic mass is 127. The molecule has 142 valence electrons. The maximum absolute atomic E-state index is 11.8. The van der Waals surface area contributed by atoms with Crippen LogP contribution in [0.3, 0.4) is 0 Å². The molecule has 1 saturated heterocycles. The number of carbonyl (C=O) groups is 1. The molecule has 0 spiro atoms. The Hall–Kier alpha value is -0.550. The van der Waals surface area contributed by atoms with E-state index in [2.05, 4.69) is 27.5 Å². The van der Waals surface area contributed by atoms with E-state index in [1.807, 2.05) is 23.4 Å². The van der Waals surface area contributed by atoms with Gasteiger partial charge < -0.3 is 15.5 Å². The van der Waals surface area contributed by atoms with Gasteiger partial charge in [0, 0.05) is 56.0 Å². The zero-order chi connectivity index (χ0) is 17.2. The van der Waals surface area contributed by atoms with Crippen molar-refractivity contribution in [2.45, 2.75) is 43.5 Å². The maximum atomic E-state index is 11.8. The van der Waals surface area contributed by atoms with Crippen molar-refractivity contribution in [2.75, 3.05) is 31.9 Å². The molecule has 1 aliphatic rings. The van der Waals surface area contributed by atoms with Gasteiger partial charge in [-0.05, 0) is 19.8 Å². The second-order valence-electron chi connectivity index (χ2n) is 5.58. The third kappa shape index (κ3) is 8.12. The Morgan fingerprint density at radius 3 is 3.04 bits per heavy atom. The van der Waals surface area contributed by atoms with Gasteiger partial charge in [0.05, 0.1) is 0 Å². The first kappa shape index (κ1) is 22.5. The van der Waals surface area contributed by atoms with E-state index in [1.54, 1.807) is 23.1 Å². The lowest BCUT2D eigenvalue weighted by Crippen LogP contribution is -2.45. The minimum atomic E-state index is 0. The summed E-state index contributed by atoms with van der Waals surface area (Å²) in [6, 6.07) is 0.294. The normalized spacial score (nSPS) is 17.3. The Bertz CT molecular complexity index is 527. The zero-order valence-electron chi connectivity index (χ0n) is 14.9. The summed E-state index contributed by atoms with van der Waals surface area (Å²) in [5.41, 5.74) is 0. The number of likely N-dealkylation sites (tertiary alicyclic amines) is 1. The molecule has 9 heteroatoms. The van der Waals surface area contributed by atoms with E-state index < -0.39 is 0 Å². The highest BCUT2D eigenvalue weighted by Crippen LogP contribution is 2.20. The van der Waals surface area contributed by atoms with Crippen molar-refractivity contribution in [3.8, 4) is 0 Å². The molecule has 0 saturated carbocycles. The van der Waals surface area contributed by atoms with Crippen LogP contribution in [0, 0.1) is 0 Å². The molecular formula is C16H28IN5OS2. The van der Waals surface area contributed by atoms with Crippen LogP contribution in [0.2, 0.25) is 0 Å². The van der Waals surface area contributed by atoms with Gasteiger partial charge in [-0.2, -0.15) is 0 Å². The van der Waals surface area contributed by atoms with Crippen LogP contribution in [-0.4, -0.2) is 59.7 Å². The van der Waals surface area contributed by atoms with Gasteiger partial charge in [-0.25, -0.2) is 4.98 Å². The van der Waals surface area contributed by atoms with Crippen molar-refractivity contribution >= 4 is 58.9 Å². The summed E-state index contributed by atoms with van der Waals surface area (Å²) in [6.45, 7) is 7.22. The highest BCUT2D eigenvalue weighted by Gasteiger charge is 2.25. The van der Waals surface area contributed by atoms with E-state index in [4.69, 9.17) is 0 Å². The van der Waals surface area contributed by atoms with Crippen molar-refractivity contribution < 1.29 is 4.79 Å². The van der Waals surface area contributed by atoms with Crippen molar-refractivity contribution in [3.05, 3.63) is 11.6 Å². The molecule has 1 amide bonds. The summed E-state index contributed by atoms with van der Waals surface area (Å²) in [7, 11) is 0. The van der Waals surface area contributed by atoms with Crippen molar-refractivity contribution in [1.82, 2.24) is 20.5 Å². The Balaban J connectivity index is 0.00000312. The van der Waals surface area contributed by atoms with E-state index in [0.29, 0.717) is 12.5 Å². The number of nitrogens with one attached hydrogen (secondary N) is 2. The lowest BCUT2D eigenvalue weighted by atomic mass is 10.3. The topological polar surface area (TPSA) is 69.6 Å². The molecule has 1 atom stereocenters. The first-order valence-electron chi connectivity index (χ1n) is 8.57. The Labute approximate surface area is 175 Å². The number of rotatable bonds is 8. The summed E-state index contributed by atoms with van der Waals surface area (Å²) in [5.74, 6) is 2.12. The number of aromatic nitrogens is 1. The molecule has 0 bridgehead atoms. The van der Waals surface area contributed by atoms with Crippen molar-refractivity contribution in [1.29, 1.82) is 0 Å². The van der Waals surface area contributed by atoms with Gasteiger partial charge in [0.2, 0.25) is 5.91 Å². The quantitative estimate of drug-likeness (QED) is 0.190. The van der Waals surface area contributed by atoms with Crippen LogP contribution >= 0.6 is 47.1 Å². The monoisotopic (exact) mass is 497 g/mol. The summed E-state index contributed by atoms with van der Waals surface area (Å²) in [5, 5.41) is 8.75. The Morgan fingerprint density at radius 2 is 2.36 bits per heavy atom. The molecule has 0 radical (unpaired) electrons. The number of hydrogen-bond donors (Lipinski definition) is 2. The largest absolute Gasteiger partial charge is 0.357 e. The molecule has 2 rings (SSSR count). The van der Waals surface area contributed by atoms with Crippen LogP contribution in [0.25, 0.3) is 0 Å². The number of guanidine groups is 1. The molecule has 1 fully saturated rings. The predicted molar refractivity (Wildman–Crippen MR) is 117 cm³/mol. The van der Waals surface area contributed by atoms with Crippen LogP contribution < -0.4 is 10.6 Å². The molecular weight excluding hydrogens is 469 g/mol. The van der Waals surface area contributed by atoms with E-state index >= 15 is 0 Å². The fourth-order valence-electron chi connectivity index (χ4n) is 2.54. The van der Waals surface area contributed by atoms with Gasteiger partial charge in [-0.3, -0.25) is 9.79 Å². The number of thioether (sulfide) groups is 1. The van der Waals surface area contributed by atoms with Crippen LogP contribution in [0.1, 0.15) is 33.1 Å². The molecule has 1 aliphatic heterocycles. The van der Waals surface area contributed by atoms with Gasteiger partial charge >= 0.3 is 0 Å². The molecule has 2 heterocycles. The van der Waals surface area contributed by atoms with Crippen LogP contribution in [0.4, 0.5) is 0 Å². The average Bonchev–Trinajstić information content (AvgIpc) is 3.25. The summed E-state index contributed by atoms with van der Waals surface area (Å²) >= 11 is 3.46. The lowest BCUT2D eigenvalue weighted by Gasteiger charge is -2.18. The summed E-state index contributed by atoms with van der Waals surface area (Å²) < 4.78 is 1.12. The number of carbonyl (C=O) groups excluding carboxylic acids is 1. The fraction of sp³-hybridized carbons (Fsp3) is 0.688. The Morgan fingerprint density at radius 1 is 1.52 bits per heavy atom. The third-order valence-electron chi connectivity index (χ3n) is 3.74. The molecule has 0 aromatic carbocycles. The standard InChI is InChI=1S/C16H27N5OS2.HI/c1-3-14(22)21-9-6-13(12-21)20-15(17-4-2)18-7-5-10-23-16-19-8-11-24-16;/h8,11,13H,3-7,9-10,12H2,1-2H3,(H2,17,18,20);1H. The van der Waals surface area contributed by atoms with Crippen molar-refractivity contribution in [3.63, 3.8) is 0 Å². The first-order chi connectivity index (χ1) is 11.7. The molecule has 2 N–H and O–H groups in total. The summed E-state index contributed by atoms with van der Waals surface area (Å²) in [4.78, 5) is 22.6. The van der Waals surface area contributed by atoms with E-state index in [-0.39, 0.29) is 29.9 Å². The van der Waals surface area contributed by atoms with Gasteiger partial charge in [-0.1, -0.05) is 18.7 Å².